The van der Waals surface area contributed by atoms with Gasteiger partial charge in [-0.2, -0.15) is 0 Å². The van der Waals surface area contributed by atoms with Gasteiger partial charge in [-0.1, -0.05) is 11.6 Å². The predicted molar refractivity (Wildman–Crippen MR) is 84.2 cm³/mol. The quantitative estimate of drug-likeness (QED) is 0.712. The number of esters is 1. The Labute approximate surface area is 144 Å². The number of carbonyl (C=O) groups is 3. The van der Waals surface area contributed by atoms with Crippen molar-refractivity contribution in [2.45, 2.75) is 18.2 Å². The number of imide groups is 1. The van der Waals surface area contributed by atoms with Crippen LogP contribution in [0.2, 0.25) is 5.02 Å². The van der Waals surface area contributed by atoms with E-state index in [0.29, 0.717) is 5.02 Å². The van der Waals surface area contributed by atoms with E-state index in [1.807, 2.05) is 5.32 Å². The molecule has 0 bridgehead atoms. The van der Waals surface area contributed by atoms with E-state index < -0.39 is 46.6 Å². The monoisotopic (exact) mass is 377 g/mol. The number of hydrogen-bond donors (Lipinski definition) is 1. The van der Waals surface area contributed by atoms with Crippen LogP contribution in [0.15, 0.2) is 29.2 Å². The van der Waals surface area contributed by atoms with Gasteiger partial charge in [0, 0.05) is 5.02 Å². The van der Waals surface area contributed by atoms with Gasteiger partial charge in [0.2, 0.25) is 0 Å². The van der Waals surface area contributed by atoms with Crippen LogP contribution < -0.4 is 5.32 Å². The molecule has 0 fully saturated rings. The molecule has 0 aliphatic rings. The van der Waals surface area contributed by atoms with Crippen molar-refractivity contribution in [2.24, 2.45) is 0 Å². The predicted octanol–water partition coefficient (Wildman–Crippen LogP) is 1.32. The van der Waals surface area contributed by atoms with Gasteiger partial charge in [0.05, 0.1) is 23.7 Å². The SMILES string of the molecule is CCOC(=O)NC(=O)COC(=O)CCS(=O)(=O)c1ccc(Cl)cc1. The van der Waals surface area contributed by atoms with Crippen LogP contribution in [0.5, 0.6) is 0 Å². The summed E-state index contributed by atoms with van der Waals surface area (Å²) >= 11 is 5.68. The van der Waals surface area contributed by atoms with Gasteiger partial charge in [-0.05, 0) is 31.2 Å². The van der Waals surface area contributed by atoms with Crippen molar-refractivity contribution >= 4 is 39.4 Å². The lowest BCUT2D eigenvalue weighted by molar-refractivity contribution is -0.148. The Balaban J connectivity index is 2.41. The van der Waals surface area contributed by atoms with E-state index in [2.05, 4.69) is 9.47 Å². The number of sulfone groups is 1. The lowest BCUT2D eigenvalue weighted by atomic mass is 10.4. The Hall–Kier alpha value is -2.13. The summed E-state index contributed by atoms with van der Waals surface area (Å²) in [7, 11) is -3.67. The molecule has 0 saturated carbocycles. The van der Waals surface area contributed by atoms with Crippen LogP contribution in [0.25, 0.3) is 0 Å². The van der Waals surface area contributed by atoms with Gasteiger partial charge in [0.25, 0.3) is 5.91 Å². The van der Waals surface area contributed by atoms with Crippen LogP contribution in [-0.2, 0) is 28.9 Å². The molecule has 0 aliphatic carbocycles. The van der Waals surface area contributed by atoms with Crippen LogP contribution >= 0.6 is 11.6 Å². The van der Waals surface area contributed by atoms with Gasteiger partial charge < -0.3 is 9.47 Å². The molecule has 0 saturated heterocycles. The fourth-order valence-corrected chi connectivity index (χ4v) is 2.86. The minimum absolute atomic E-state index is 0.0276. The van der Waals surface area contributed by atoms with Crippen LogP contribution in [-0.4, -0.2) is 45.4 Å². The number of benzene rings is 1. The van der Waals surface area contributed by atoms with Crippen molar-refractivity contribution in [3.63, 3.8) is 0 Å². The fourth-order valence-electron chi connectivity index (χ4n) is 1.51. The maximum Gasteiger partial charge on any atom is 0.413 e. The fraction of sp³-hybridized carbons (Fsp3) is 0.357. The smallest absolute Gasteiger partial charge is 0.413 e. The zero-order valence-corrected chi connectivity index (χ0v) is 14.4. The summed E-state index contributed by atoms with van der Waals surface area (Å²) in [5, 5.41) is 2.22. The average Bonchev–Trinajstić information content (AvgIpc) is 2.51. The first-order valence-corrected chi connectivity index (χ1v) is 8.88. The van der Waals surface area contributed by atoms with E-state index >= 15 is 0 Å². The number of halogens is 1. The second-order valence-corrected chi connectivity index (χ2v) is 7.00. The Morgan fingerprint density at radius 1 is 1.12 bits per heavy atom. The molecule has 0 radical (unpaired) electrons. The number of amides is 2. The van der Waals surface area contributed by atoms with E-state index in [-0.39, 0.29) is 11.5 Å². The number of hydrogen-bond acceptors (Lipinski definition) is 7. The van der Waals surface area contributed by atoms with Crippen LogP contribution in [0.3, 0.4) is 0 Å². The first-order chi connectivity index (χ1) is 11.2. The molecule has 1 aromatic rings. The average molecular weight is 378 g/mol. The molecule has 1 aromatic carbocycles. The molecule has 24 heavy (non-hydrogen) atoms. The summed E-state index contributed by atoms with van der Waals surface area (Å²) in [4.78, 5) is 33.7. The molecular formula is C14H16ClNO7S. The van der Waals surface area contributed by atoms with Crippen LogP contribution in [0.1, 0.15) is 13.3 Å². The lowest BCUT2D eigenvalue weighted by Crippen LogP contribution is -2.34. The zero-order chi connectivity index (χ0) is 18.2. The molecule has 0 atom stereocenters. The first-order valence-electron chi connectivity index (χ1n) is 6.85. The third-order valence-corrected chi connectivity index (χ3v) is 4.61. The molecule has 132 valence electrons. The molecule has 1 N–H and O–H groups in total. The van der Waals surface area contributed by atoms with E-state index in [1.165, 1.54) is 24.3 Å². The maximum absolute atomic E-state index is 12.0. The summed E-state index contributed by atoms with van der Waals surface area (Å²) in [5.74, 6) is -2.23. The van der Waals surface area contributed by atoms with Gasteiger partial charge >= 0.3 is 12.1 Å². The van der Waals surface area contributed by atoms with Crippen LogP contribution in [0, 0.1) is 0 Å². The molecule has 8 nitrogen and oxygen atoms in total. The van der Waals surface area contributed by atoms with E-state index in [4.69, 9.17) is 11.6 Å². The number of ether oxygens (including phenoxy) is 2. The lowest BCUT2D eigenvalue weighted by Gasteiger charge is -2.06. The topological polar surface area (TPSA) is 116 Å². The molecular weight excluding hydrogens is 362 g/mol. The Morgan fingerprint density at radius 3 is 2.33 bits per heavy atom. The molecule has 0 spiro atoms. The van der Waals surface area contributed by atoms with Crippen molar-refractivity contribution in [1.82, 2.24) is 5.32 Å². The number of carbonyl (C=O) groups excluding carboxylic acids is 3. The molecule has 0 aliphatic heterocycles. The van der Waals surface area contributed by atoms with Crippen molar-refractivity contribution in [1.29, 1.82) is 0 Å². The summed E-state index contributed by atoms with van der Waals surface area (Å²) in [6.45, 7) is 0.936. The Kier molecular flexibility index (Phi) is 7.66. The van der Waals surface area contributed by atoms with E-state index in [9.17, 15) is 22.8 Å². The molecule has 0 heterocycles. The van der Waals surface area contributed by atoms with E-state index in [0.717, 1.165) is 0 Å². The third-order valence-electron chi connectivity index (χ3n) is 2.63. The highest BCUT2D eigenvalue weighted by atomic mass is 35.5. The van der Waals surface area contributed by atoms with Gasteiger partial charge in [-0.3, -0.25) is 14.9 Å². The van der Waals surface area contributed by atoms with Gasteiger partial charge in [0.15, 0.2) is 16.4 Å². The summed E-state index contributed by atoms with van der Waals surface area (Å²) in [6.07, 6.45) is -1.39. The minimum atomic E-state index is -3.67. The number of rotatable bonds is 7. The standard InChI is InChI=1S/C14H16ClNO7S/c1-2-22-14(19)16-12(17)9-23-13(18)7-8-24(20,21)11-5-3-10(15)4-6-11/h3-6H,2,7-9H2,1H3,(H,16,17,19). The second kappa shape index (κ2) is 9.24. The Morgan fingerprint density at radius 2 is 1.75 bits per heavy atom. The van der Waals surface area contributed by atoms with Crippen molar-refractivity contribution < 1.29 is 32.3 Å². The molecule has 10 heteroatoms. The molecule has 2 amide bonds. The molecule has 1 rings (SSSR count). The summed E-state index contributed by atoms with van der Waals surface area (Å²) in [5.41, 5.74) is 0. The highest BCUT2D eigenvalue weighted by Gasteiger charge is 2.18. The maximum atomic E-state index is 12.0. The zero-order valence-electron chi connectivity index (χ0n) is 12.8. The molecule has 0 aromatic heterocycles. The summed E-state index contributed by atoms with van der Waals surface area (Å²) in [6, 6.07) is 5.50. The summed E-state index contributed by atoms with van der Waals surface area (Å²) < 4.78 is 33.1. The minimum Gasteiger partial charge on any atom is -0.456 e. The van der Waals surface area contributed by atoms with Crippen molar-refractivity contribution in [2.75, 3.05) is 19.0 Å². The van der Waals surface area contributed by atoms with Crippen molar-refractivity contribution in [3.05, 3.63) is 29.3 Å². The van der Waals surface area contributed by atoms with Gasteiger partial charge in [-0.25, -0.2) is 13.2 Å². The molecule has 0 unspecified atom stereocenters. The normalized spacial score (nSPS) is 10.8. The number of nitrogens with one attached hydrogen (secondary N) is 1. The van der Waals surface area contributed by atoms with E-state index in [1.54, 1.807) is 6.92 Å². The second-order valence-electron chi connectivity index (χ2n) is 4.45. The highest BCUT2D eigenvalue weighted by Crippen LogP contribution is 2.16. The Bertz CT molecular complexity index is 700. The van der Waals surface area contributed by atoms with Crippen molar-refractivity contribution in [3.8, 4) is 0 Å². The number of alkyl carbamates (subject to hydrolysis) is 1. The largest absolute Gasteiger partial charge is 0.456 e. The highest BCUT2D eigenvalue weighted by molar-refractivity contribution is 7.91. The first kappa shape index (κ1) is 19.9. The van der Waals surface area contributed by atoms with Crippen LogP contribution in [0.4, 0.5) is 4.79 Å². The van der Waals surface area contributed by atoms with Gasteiger partial charge in [-0.15, -0.1) is 0 Å². The third kappa shape index (κ3) is 6.97. The van der Waals surface area contributed by atoms with Gasteiger partial charge in [0.1, 0.15) is 0 Å².